The maximum atomic E-state index is 5.37. The van der Waals surface area contributed by atoms with Crippen molar-refractivity contribution in [2.24, 2.45) is 5.41 Å². The molecule has 196 valence electrons. The van der Waals surface area contributed by atoms with Crippen molar-refractivity contribution in [3.8, 4) is 5.75 Å². The molecule has 2 aromatic rings. The quantitative estimate of drug-likeness (QED) is 0.452. The first-order valence-corrected chi connectivity index (χ1v) is 14.3. The molecule has 2 aromatic carbocycles. The van der Waals surface area contributed by atoms with E-state index in [1.165, 1.54) is 62.0 Å². The average Bonchev–Trinajstić information content (AvgIpc) is 2.88. The van der Waals surface area contributed by atoms with Gasteiger partial charge in [-0.2, -0.15) is 0 Å². The fraction of sp³-hybridized carbons (Fsp3) is 0.625. The van der Waals surface area contributed by atoms with Crippen molar-refractivity contribution in [3.63, 3.8) is 0 Å². The lowest BCUT2D eigenvalue weighted by molar-refractivity contribution is -0.0799. The first kappa shape index (κ1) is 25.8. The molecule has 0 bridgehead atoms. The van der Waals surface area contributed by atoms with Crippen LogP contribution in [0.2, 0.25) is 0 Å². The highest BCUT2D eigenvalue weighted by Gasteiger charge is 2.49. The molecule has 1 spiro atoms. The second-order valence-electron chi connectivity index (χ2n) is 12.4. The minimum absolute atomic E-state index is 0.480. The lowest BCUT2D eigenvalue weighted by Gasteiger charge is -2.58. The molecule has 1 saturated carbocycles. The van der Waals surface area contributed by atoms with E-state index in [4.69, 9.17) is 4.74 Å². The third-order valence-electron chi connectivity index (χ3n) is 9.43. The summed E-state index contributed by atoms with van der Waals surface area (Å²) in [5, 5.41) is 0. The van der Waals surface area contributed by atoms with Gasteiger partial charge in [0.1, 0.15) is 5.75 Å². The van der Waals surface area contributed by atoms with Crippen molar-refractivity contribution in [2.45, 2.75) is 84.0 Å². The van der Waals surface area contributed by atoms with Crippen molar-refractivity contribution < 1.29 is 4.74 Å². The third kappa shape index (κ3) is 5.51. The summed E-state index contributed by atoms with van der Waals surface area (Å²) >= 11 is 0. The summed E-state index contributed by atoms with van der Waals surface area (Å²) in [4.78, 5) is 8.24. The van der Waals surface area contributed by atoms with Gasteiger partial charge in [0.2, 0.25) is 0 Å². The van der Waals surface area contributed by atoms with Crippen molar-refractivity contribution in [1.82, 2.24) is 14.7 Å². The summed E-state index contributed by atoms with van der Waals surface area (Å²) < 4.78 is 5.37. The predicted octanol–water partition coefficient (Wildman–Crippen LogP) is 6.33. The van der Waals surface area contributed by atoms with Crippen LogP contribution in [0.25, 0.3) is 0 Å². The van der Waals surface area contributed by atoms with Gasteiger partial charge in [0, 0.05) is 44.3 Å². The Morgan fingerprint density at radius 3 is 2.28 bits per heavy atom. The number of hydrogen-bond donors (Lipinski definition) is 0. The Hall–Kier alpha value is -1.88. The zero-order valence-corrected chi connectivity index (χ0v) is 23.2. The van der Waals surface area contributed by atoms with Gasteiger partial charge in [-0.3, -0.25) is 9.80 Å². The predicted molar refractivity (Wildman–Crippen MR) is 150 cm³/mol. The molecule has 3 fully saturated rings. The zero-order valence-electron chi connectivity index (χ0n) is 23.2. The number of likely N-dealkylation sites (tertiary alicyclic amines) is 1. The van der Waals surface area contributed by atoms with Crippen LogP contribution >= 0.6 is 0 Å². The van der Waals surface area contributed by atoms with Crippen LogP contribution in [0.3, 0.4) is 0 Å². The van der Waals surface area contributed by atoms with Gasteiger partial charge in [-0.25, -0.2) is 0 Å². The van der Waals surface area contributed by atoms with Crippen LogP contribution in [0.4, 0.5) is 0 Å². The van der Waals surface area contributed by atoms with Gasteiger partial charge in [0.25, 0.3) is 0 Å². The molecule has 2 aliphatic heterocycles. The van der Waals surface area contributed by atoms with Crippen LogP contribution in [-0.4, -0.2) is 66.6 Å². The Labute approximate surface area is 219 Å². The van der Waals surface area contributed by atoms with Crippen LogP contribution in [0.1, 0.15) is 82.0 Å². The highest BCUT2D eigenvalue weighted by molar-refractivity contribution is 5.30. The van der Waals surface area contributed by atoms with Crippen LogP contribution < -0.4 is 4.74 Å². The molecule has 5 rings (SSSR count). The number of nitrogens with zero attached hydrogens (tertiary/aromatic N) is 3. The Balaban J connectivity index is 1.30. The van der Waals surface area contributed by atoms with Crippen molar-refractivity contribution >= 4 is 0 Å². The van der Waals surface area contributed by atoms with Crippen LogP contribution in [0.15, 0.2) is 48.5 Å². The van der Waals surface area contributed by atoms with E-state index in [2.05, 4.69) is 90.9 Å². The Bertz CT molecular complexity index is 985. The molecule has 1 atom stereocenters. The zero-order chi connectivity index (χ0) is 25.3. The van der Waals surface area contributed by atoms with Gasteiger partial charge in [-0.15, -0.1) is 0 Å². The number of hydrogen-bond acceptors (Lipinski definition) is 4. The second kappa shape index (κ2) is 10.8. The second-order valence-corrected chi connectivity index (χ2v) is 12.4. The summed E-state index contributed by atoms with van der Waals surface area (Å²) in [6.45, 7) is 16.4. The minimum Gasteiger partial charge on any atom is -0.497 e. The first-order valence-electron chi connectivity index (χ1n) is 14.3. The number of ether oxygens (including phenoxy) is 1. The minimum atomic E-state index is 0.480. The van der Waals surface area contributed by atoms with Crippen molar-refractivity contribution in [1.29, 1.82) is 0 Å². The number of benzene rings is 2. The summed E-state index contributed by atoms with van der Waals surface area (Å²) in [6, 6.07) is 20.0. The molecule has 0 amide bonds. The van der Waals surface area contributed by atoms with Crippen molar-refractivity contribution in [2.75, 3.05) is 39.8 Å². The molecule has 36 heavy (non-hydrogen) atoms. The van der Waals surface area contributed by atoms with E-state index in [0.29, 0.717) is 23.4 Å². The topological polar surface area (TPSA) is 19.0 Å². The molecular weight excluding hydrogens is 442 g/mol. The lowest BCUT2D eigenvalue weighted by atomic mass is 9.59. The van der Waals surface area contributed by atoms with E-state index < -0.39 is 0 Å². The van der Waals surface area contributed by atoms with Gasteiger partial charge in [0.05, 0.1) is 7.11 Å². The normalized spacial score (nSPS) is 23.9. The van der Waals surface area contributed by atoms with Gasteiger partial charge in [-0.05, 0) is 92.8 Å². The first-order chi connectivity index (χ1) is 17.4. The maximum Gasteiger partial charge on any atom is 0.118 e. The summed E-state index contributed by atoms with van der Waals surface area (Å²) in [5.41, 5.74) is 4.96. The van der Waals surface area contributed by atoms with Crippen LogP contribution in [-0.2, 0) is 6.54 Å². The van der Waals surface area contributed by atoms with E-state index in [1.54, 1.807) is 7.11 Å². The molecule has 2 heterocycles. The molecule has 0 N–H and O–H groups in total. The molecule has 1 aliphatic carbocycles. The Morgan fingerprint density at radius 2 is 1.64 bits per heavy atom. The van der Waals surface area contributed by atoms with E-state index >= 15 is 0 Å². The van der Waals surface area contributed by atoms with Gasteiger partial charge >= 0.3 is 0 Å². The maximum absolute atomic E-state index is 5.37. The van der Waals surface area contributed by atoms with E-state index in [-0.39, 0.29) is 0 Å². The molecule has 2 saturated heterocycles. The number of piperidine rings is 1. The Morgan fingerprint density at radius 1 is 0.917 bits per heavy atom. The van der Waals surface area contributed by atoms with Gasteiger partial charge in [-0.1, -0.05) is 50.2 Å². The van der Waals surface area contributed by atoms with E-state index in [9.17, 15) is 0 Å². The number of methoxy groups -OCH3 is 1. The summed E-state index contributed by atoms with van der Waals surface area (Å²) in [7, 11) is 1.74. The van der Waals surface area contributed by atoms with Crippen molar-refractivity contribution in [3.05, 3.63) is 65.2 Å². The highest BCUT2D eigenvalue weighted by atomic mass is 16.5. The van der Waals surface area contributed by atoms with E-state index in [1.807, 2.05) is 0 Å². The number of piperazine rings is 1. The van der Waals surface area contributed by atoms with Crippen LogP contribution in [0.5, 0.6) is 5.75 Å². The molecule has 1 unspecified atom stereocenters. The average molecular weight is 490 g/mol. The molecular formula is C32H47N3O. The molecule has 3 aliphatic rings. The number of rotatable bonds is 7. The molecule has 4 heteroatoms. The molecule has 0 radical (unpaired) electrons. The van der Waals surface area contributed by atoms with E-state index in [0.717, 1.165) is 31.4 Å². The fourth-order valence-electron chi connectivity index (χ4n) is 6.94. The molecule has 0 aromatic heterocycles. The molecule has 4 nitrogen and oxygen atoms in total. The third-order valence-corrected chi connectivity index (χ3v) is 9.43. The standard InChI is InChI=1S/C32H47N3O/c1-24(2)27-7-6-8-28(19-27)31-23-33(22-26-9-11-30(36-5)12-10-26)17-18-35(31)29-20-32(21-29)13-15-34(16-14-32)25(3)4/h6-12,19,24-25,29,31H,13-18,20-23H2,1-5H3. The summed E-state index contributed by atoms with van der Waals surface area (Å²) in [5.74, 6) is 1.50. The van der Waals surface area contributed by atoms with Gasteiger partial charge in [0.15, 0.2) is 0 Å². The Kier molecular flexibility index (Phi) is 7.76. The summed E-state index contributed by atoms with van der Waals surface area (Å²) in [6.07, 6.45) is 5.59. The van der Waals surface area contributed by atoms with Gasteiger partial charge < -0.3 is 9.64 Å². The SMILES string of the molecule is COc1ccc(CN2CCN(C3CC4(CCN(C(C)C)CC4)C3)C(c3cccc(C(C)C)c3)C2)cc1. The highest BCUT2D eigenvalue weighted by Crippen LogP contribution is 2.52. The smallest absolute Gasteiger partial charge is 0.118 e. The monoisotopic (exact) mass is 489 g/mol. The fourth-order valence-corrected chi connectivity index (χ4v) is 6.94. The largest absolute Gasteiger partial charge is 0.497 e. The lowest BCUT2D eigenvalue weighted by Crippen LogP contribution is -2.60. The van der Waals surface area contributed by atoms with Crippen LogP contribution in [0, 0.1) is 5.41 Å².